The minimum atomic E-state index is -0.650. The Morgan fingerprint density at radius 3 is 2.40 bits per heavy atom. The molecule has 0 spiro atoms. The summed E-state index contributed by atoms with van der Waals surface area (Å²) in [6.07, 6.45) is 8.70. The Morgan fingerprint density at radius 2 is 1.90 bits per heavy atom. The lowest BCUT2D eigenvalue weighted by Crippen LogP contribution is -2.62. The van der Waals surface area contributed by atoms with E-state index in [1.807, 2.05) is 0 Å². The second-order valence-electron chi connectivity index (χ2n) is 6.93. The number of hydrogen-bond donors (Lipinski definition) is 2. The Balaban J connectivity index is 1.88. The van der Waals surface area contributed by atoms with Crippen molar-refractivity contribution in [3.8, 4) is 0 Å². The zero-order valence-corrected chi connectivity index (χ0v) is 13.0. The van der Waals surface area contributed by atoms with Gasteiger partial charge in [-0.25, -0.2) is 0 Å². The Kier molecular flexibility index (Phi) is 5.44. The molecule has 1 unspecified atom stereocenters. The molecule has 0 saturated heterocycles. The Hall–Kier alpha value is -0.610. The predicted molar refractivity (Wildman–Crippen MR) is 80.3 cm³/mol. The van der Waals surface area contributed by atoms with Gasteiger partial charge in [0, 0.05) is 12.6 Å². The third kappa shape index (κ3) is 3.95. The van der Waals surface area contributed by atoms with Gasteiger partial charge in [-0.05, 0) is 51.4 Å². The highest BCUT2D eigenvalue weighted by Crippen LogP contribution is 2.40. The first kappa shape index (κ1) is 15.8. The first-order valence-electron chi connectivity index (χ1n) is 8.20. The molecule has 2 saturated carbocycles. The minimum Gasteiger partial charge on any atom is -0.379 e. The maximum atomic E-state index is 12.0. The summed E-state index contributed by atoms with van der Waals surface area (Å²) in [4.78, 5) is 12.0. The number of nitrogens with one attached hydrogen (secondary N) is 1. The van der Waals surface area contributed by atoms with Gasteiger partial charge in [-0.2, -0.15) is 0 Å². The fourth-order valence-electron chi connectivity index (χ4n) is 3.45. The molecule has 0 heterocycles. The highest BCUT2D eigenvalue weighted by atomic mass is 16.5. The summed E-state index contributed by atoms with van der Waals surface area (Å²) < 4.78 is 5.94. The lowest BCUT2D eigenvalue weighted by atomic mass is 9.89. The van der Waals surface area contributed by atoms with E-state index in [0.29, 0.717) is 18.4 Å². The number of nitrogens with two attached hydrogens (primary N) is 1. The molecule has 0 aromatic rings. The van der Waals surface area contributed by atoms with Crippen LogP contribution in [0.25, 0.3) is 0 Å². The molecule has 4 heteroatoms. The van der Waals surface area contributed by atoms with E-state index < -0.39 is 5.54 Å². The van der Waals surface area contributed by atoms with E-state index >= 15 is 0 Å². The highest BCUT2D eigenvalue weighted by molar-refractivity contribution is 5.85. The molecular formula is C16H30N2O2. The highest BCUT2D eigenvalue weighted by Gasteiger charge is 2.50. The fraction of sp³-hybridized carbons (Fsp3) is 0.938. The van der Waals surface area contributed by atoms with Crippen molar-refractivity contribution in [2.24, 2.45) is 17.6 Å². The van der Waals surface area contributed by atoms with Crippen LogP contribution in [0.3, 0.4) is 0 Å². The summed E-state index contributed by atoms with van der Waals surface area (Å²) in [6.45, 7) is 5.33. The lowest BCUT2D eigenvalue weighted by Gasteiger charge is -2.34. The first-order chi connectivity index (χ1) is 9.54. The van der Waals surface area contributed by atoms with E-state index in [1.54, 1.807) is 0 Å². The van der Waals surface area contributed by atoms with Gasteiger partial charge in [-0.3, -0.25) is 10.1 Å². The number of carbonyl (C=O) groups is 1. The topological polar surface area (TPSA) is 64.3 Å². The van der Waals surface area contributed by atoms with Gasteiger partial charge in [0.2, 0.25) is 5.91 Å². The van der Waals surface area contributed by atoms with Crippen molar-refractivity contribution in [3.05, 3.63) is 0 Å². The molecule has 2 aliphatic rings. The minimum absolute atomic E-state index is 0.237. The lowest BCUT2D eigenvalue weighted by molar-refractivity contribution is -0.129. The molecule has 20 heavy (non-hydrogen) atoms. The van der Waals surface area contributed by atoms with E-state index in [1.165, 1.54) is 32.1 Å². The Labute approximate surface area is 122 Å². The van der Waals surface area contributed by atoms with Gasteiger partial charge in [0.15, 0.2) is 0 Å². The molecule has 0 aliphatic heterocycles. The molecule has 3 N–H and O–H groups in total. The van der Waals surface area contributed by atoms with Gasteiger partial charge in [0.1, 0.15) is 5.54 Å². The SMILES string of the molecule is CC(C)NC(COCC1CCCCC1)(C(N)=O)C1CC1. The third-order valence-corrected chi connectivity index (χ3v) is 4.67. The zero-order valence-electron chi connectivity index (χ0n) is 13.0. The first-order valence-corrected chi connectivity index (χ1v) is 8.20. The molecule has 0 bridgehead atoms. The van der Waals surface area contributed by atoms with Crippen molar-refractivity contribution >= 4 is 5.91 Å². The molecular weight excluding hydrogens is 252 g/mol. The van der Waals surface area contributed by atoms with Crippen molar-refractivity contribution < 1.29 is 9.53 Å². The van der Waals surface area contributed by atoms with E-state index in [0.717, 1.165) is 19.4 Å². The summed E-state index contributed by atoms with van der Waals surface area (Å²) in [5, 5.41) is 3.39. The van der Waals surface area contributed by atoms with Crippen LogP contribution in [0.2, 0.25) is 0 Å². The Bertz CT molecular complexity index is 322. The maximum absolute atomic E-state index is 12.0. The number of hydrogen-bond acceptors (Lipinski definition) is 3. The summed E-state index contributed by atoms with van der Waals surface area (Å²) in [5.41, 5.74) is 5.05. The number of amides is 1. The predicted octanol–water partition coefficient (Wildman–Crippen LogP) is 2.22. The van der Waals surface area contributed by atoms with Gasteiger partial charge < -0.3 is 10.5 Å². The van der Waals surface area contributed by atoms with Crippen LogP contribution in [0.1, 0.15) is 58.8 Å². The molecule has 2 rings (SSSR count). The molecule has 0 radical (unpaired) electrons. The van der Waals surface area contributed by atoms with Crippen LogP contribution in [0.15, 0.2) is 0 Å². The Morgan fingerprint density at radius 1 is 1.25 bits per heavy atom. The standard InChI is InChI=1S/C16H30N2O2/c1-12(2)18-16(15(17)19,14-8-9-14)11-20-10-13-6-4-3-5-7-13/h12-14,18H,3-11H2,1-2H3,(H2,17,19). The van der Waals surface area contributed by atoms with Crippen molar-refractivity contribution in [1.82, 2.24) is 5.32 Å². The van der Waals surface area contributed by atoms with Crippen molar-refractivity contribution in [3.63, 3.8) is 0 Å². The van der Waals surface area contributed by atoms with E-state index in [4.69, 9.17) is 10.5 Å². The van der Waals surface area contributed by atoms with E-state index in [9.17, 15) is 4.79 Å². The molecule has 2 aliphatic carbocycles. The van der Waals surface area contributed by atoms with Crippen LogP contribution < -0.4 is 11.1 Å². The third-order valence-electron chi connectivity index (χ3n) is 4.67. The smallest absolute Gasteiger partial charge is 0.240 e. The number of primary amides is 1. The monoisotopic (exact) mass is 282 g/mol. The summed E-state index contributed by atoms with van der Waals surface area (Å²) in [6, 6.07) is 0.237. The van der Waals surface area contributed by atoms with Gasteiger partial charge in [-0.1, -0.05) is 19.3 Å². The van der Waals surface area contributed by atoms with Crippen LogP contribution in [0.4, 0.5) is 0 Å². The average molecular weight is 282 g/mol. The van der Waals surface area contributed by atoms with E-state index in [2.05, 4.69) is 19.2 Å². The molecule has 4 nitrogen and oxygen atoms in total. The molecule has 0 aromatic heterocycles. The van der Waals surface area contributed by atoms with Crippen LogP contribution >= 0.6 is 0 Å². The largest absolute Gasteiger partial charge is 0.379 e. The number of ether oxygens (including phenoxy) is 1. The van der Waals surface area contributed by atoms with Gasteiger partial charge >= 0.3 is 0 Å². The van der Waals surface area contributed by atoms with E-state index in [-0.39, 0.29) is 11.9 Å². The second kappa shape index (κ2) is 6.90. The summed E-state index contributed by atoms with van der Waals surface area (Å²) >= 11 is 0. The van der Waals surface area contributed by atoms with Crippen LogP contribution in [0.5, 0.6) is 0 Å². The number of rotatable bonds is 8. The molecule has 0 aromatic carbocycles. The summed E-state index contributed by atoms with van der Waals surface area (Å²) in [5.74, 6) is 0.777. The van der Waals surface area contributed by atoms with Crippen LogP contribution in [-0.4, -0.2) is 30.7 Å². The normalized spacial score (nSPS) is 23.8. The van der Waals surface area contributed by atoms with Crippen LogP contribution in [-0.2, 0) is 9.53 Å². The average Bonchev–Trinajstić information content (AvgIpc) is 3.22. The number of carbonyl (C=O) groups excluding carboxylic acids is 1. The van der Waals surface area contributed by atoms with Crippen molar-refractivity contribution in [1.29, 1.82) is 0 Å². The van der Waals surface area contributed by atoms with Gasteiger partial charge in [-0.15, -0.1) is 0 Å². The van der Waals surface area contributed by atoms with Crippen molar-refractivity contribution in [2.45, 2.75) is 70.4 Å². The molecule has 2 fully saturated rings. The van der Waals surface area contributed by atoms with Gasteiger partial charge in [0.25, 0.3) is 0 Å². The quantitative estimate of drug-likeness (QED) is 0.717. The fourth-order valence-corrected chi connectivity index (χ4v) is 3.45. The van der Waals surface area contributed by atoms with Crippen molar-refractivity contribution in [2.75, 3.05) is 13.2 Å². The molecule has 1 atom stereocenters. The molecule has 1 amide bonds. The summed E-state index contributed by atoms with van der Waals surface area (Å²) in [7, 11) is 0. The molecule has 116 valence electrons. The maximum Gasteiger partial charge on any atom is 0.240 e. The second-order valence-corrected chi connectivity index (χ2v) is 6.93. The zero-order chi connectivity index (χ0) is 14.6. The van der Waals surface area contributed by atoms with Crippen LogP contribution in [0, 0.1) is 11.8 Å². The van der Waals surface area contributed by atoms with Gasteiger partial charge in [0.05, 0.1) is 6.61 Å².